The lowest BCUT2D eigenvalue weighted by atomic mass is 10.0. The Hall–Kier alpha value is -2.67. The second-order valence-corrected chi connectivity index (χ2v) is 6.11. The molecule has 0 aliphatic heterocycles. The summed E-state index contributed by atoms with van der Waals surface area (Å²) in [4.78, 5) is 39.4. The maximum atomic E-state index is 12.2. The van der Waals surface area contributed by atoms with E-state index in [1.165, 1.54) is 22.4 Å². The van der Waals surface area contributed by atoms with Gasteiger partial charge in [-0.25, -0.2) is 4.79 Å². The van der Waals surface area contributed by atoms with E-state index in [9.17, 15) is 14.4 Å². The molecule has 1 aromatic heterocycles. The van der Waals surface area contributed by atoms with Crippen molar-refractivity contribution in [2.75, 3.05) is 19.6 Å². The second kappa shape index (κ2) is 9.72. The van der Waals surface area contributed by atoms with Gasteiger partial charge in [0.15, 0.2) is 0 Å². The smallest absolute Gasteiger partial charge is 0.328 e. The quantitative estimate of drug-likeness (QED) is 0.687. The summed E-state index contributed by atoms with van der Waals surface area (Å²) in [6.45, 7) is 6.36. The molecule has 0 saturated carbocycles. The zero-order valence-electron chi connectivity index (χ0n) is 15.3. The number of carbonyl (C=O) groups excluding carboxylic acids is 1. The van der Waals surface area contributed by atoms with Crippen LogP contribution in [0.4, 0.5) is 0 Å². The fraction of sp³-hybridized carbons (Fsp3) is 0.421. The van der Waals surface area contributed by atoms with Crippen LogP contribution in [0.3, 0.4) is 0 Å². The van der Waals surface area contributed by atoms with Crippen molar-refractivity contribution in [3.63, 3.8) is 0 Å². The van der Waals surface area contributed by atoms with Crippen LogP contribution in [0.2, 0.25) is 0 Å². The third-order valence-electron chi connectivity index (χ3n) is 4.39. The number of nitrogens with one attached hydrogen (secondary N) is 2. The molecular weight excluding hydrogens is 332 g/mol. The minimum absolute atomic E-state index is 0.119. The first-order valence-electron chi connectivity index (χ1n) is 8.88. The molecule has 7 heteroatoms. The summed E-state index contributed by atoms with van der Waals surface area (Å²) in [5.74, 6) is -0.260. The van der Waals surface area contributed by atoms with E-state index in [4.69, 9.17) is 0 Å². The van der Waals surface area contributed by atoms with Crippen molar-refractivity contribution in [1.29, 1.82) is 0 Å². The number of benzene rings is 1. The van der Waals surface area contributed by atoms with Crippen LogP contribution in [0.5, 0.6) is 0 Å². The second-order valence-electron chi connectivity index (χ2n) is 6.11. The summed E-state index contributed by atoms with van der Waals surface area (Å²) in [5.41, 5.74) is 0.156. The molecule has 1 atom stereocenters. The fourth-order valence-corrected chi connectivity index (χ4v) is 2.97. The van der Waals surface area contributed by atoms with Crippen LogP contribution in [-0.4, -0.2) is 46.0 Å². The Kier molecular flexibility index (Phi) is 7.35. The molecule has 0 saturated heterocycles. The van der Waals surface area contributed by atoms with Crippen molar-refractivity contribution in [3.05, 3.63) is 69.0 Å². The lowest BCUT2D eigenvalue weighted by molar-refractivity contribution is -0.122. The summed E-state index contributed by atoms with van der Waals surface area (Å²) in [5, 5.41) is 2.91. The van der Waals surface area contributed by atoms with E-state index in [1.54, 1.807) is 0 Å². The van der Waals surface area contributed by atoms with Gasteiger partial charge in [-0.3, -0.25) is 24.0 Å². The molecule has 26 heavy (non-hydrogen) atoms. The number of likely N-dealkylation sites (N-methyl/N-ethyl adjacent to an activating group) is 1. The van der Waals surface area contributed by atoms with Gasteiger partial charge in [0.1, 0.15) is 6.54 Å². The number of hydrogen-bond acceptors (Lipinski definition) is 4. The van der Waals surface area contributed by atoms with Crippen molar-refractivity contribution in [1.82, 2.24) is 19.8 Å². The van der Waals surface area contributed by atoms with Crippen LogP contribution < -0.4 is 16.6 Å². The van der Waals surface area contributed by atoms with E-state index in [0.717, 1.165) is 19.5 Å². The summed E-state index contributed by atoms with van der Waals surface area (Å²) >= 11 is 0. The Morgan fingerprint density at radius 2 is 1.85 bits per heavy atom. The Labute approximate surface area is 152 Å². The van der Waals surface area contributed by atoms with Gasteiger partial charge in [-0.05, 0) is 25.1 Å². The SMILES string of the molecule is CCN(CC)C(CNC(=O)Cn1ccc(=O)[nH]c1=O)Cc1ccccc1. The van der Waals surface area contributed by atoms with Gasteiger partial charge >= 0.3 is 5.69 Å². The number of rotatable bonds is 9. The number of amides is 1. The maximum Gasteiger partial charge on any atom is 0.328 e. The van der Waals surface area contributed by atoms with E-state index in [0.29, 0.717) is 6.54 Å². The molecular formula is C19H26N4O3. The van der Waals surface area contributed by atoms with Crippen LogP contribution in [0.15, 0.2) is 52.2 Å². The first-order chi connectivity index (χ1) is 12.5. The first-order valence-corrected chi connectivity index (χ1v) is 8.88. The lowest BCUT2D eigenvalue weighted by Gasteiger charge is -2.30. The van der Waals surface area contributed by atoms with Gasteiger partial charge in [0.25, 0.3) is 5.56 Å². The van der Waals surface area contributed by atoms with Crippen LogP contribution in [0.25, 0.3) is 0 Å². The van der Waals surface area contributed by atoms with E-state index >= 15 is 0 Å². The number of hydrogen-bond donors (Lipinski definition) is 2. The largest absolute Gasteiger partial charge is 0.353 e. The molecule has 2 N–H and O–H groups in total. The van der Waals surface area contributed by atoms with Gasteiger partial charge in [-0.1, -0.05) is 44.2 Å². The fourth-order valence-electron chi connectivity index (χ4n) is 2.97. The highest BCUT2D eigenvalue weighted by Gasteiger charge is 2.17. The summed E-state index contributed by atoms with van der Waals surface area (Å²) in [6.07, 6.45) is 2.16. The molecule has 0 aliphatic rings. The average Bonchev–Trinajstić information content (AvgIpc) is 2.63. The van der Waals surface area contributed by atoms with Gasteiger partial charge in [-0.2, -0.15) is 0 Å². The van der Waals surface area contributed by atoms with Gasteiger partial charge in [0.2, 0.25) is 5.91 Å². The molecule has 2 rings (SSSR count). The third-order valence-corrected chi connectivity index (χ3v) is 4.39. The monoisotopic (exact) mass is 358 g/mol. The van der Waals surface area contributed by atoms with Crippen molar-refractivity contribution >= 4 is 5.91 Å². The van der Waals surface area contributed by atoms with Crippen LogP contribution in [-0.2, 0) is 17.8 Å². The highest BCUT2D eigenvalue weighted by molar-refractivity contribution is 5.75. The van der Waals surface area contributed by atoms with E-state index in [2.05, 4.69) is 41.2 Å². The maximum absolute atomic E-state index is 12.2. The van der Waals surface area contributed by atoms with Gasteiger partial charge < -0.3 is 5.32 Å². The minimum atomic E-state index is -0.586. The third kappa shape index (κ3) is 5.70. The Morgan fingerprint density at radius 3 is 2.46 bits per heavy atom. The van der Waals surface area contributed by atoms with Crippen LogP contribution >= 0.6 is 0 Å². The van der Waals surface area contributed by atoms with Crippen LogP contribution in [0.1, 0.15) is 19.4 Å². The number of carbonyl (C=O) groups is 1. The van der Waals surface area contributed by atoms with Crippen molar-refractivity contribution in [2.24, 2.45) is 0 Å². The molecule has 0 spiro atoms. The van der Waals surface area contributed by atoms with E-state index in [1.807, 2.05) is 18.2 Å². The molecule has 7 nitrogen and oxygen atoms in total. The summed E-state index contributed by atoms with van der Waals surface area (Å²) in [6, 6.07) is 11.6. The zero-order valence-corrected chi connectivity index (χ0v) is 15.3. The minimum Gasteiger partial charge on any atom is -0.353 e. The lowest BCUT2D eigenvalue weighted by Crippen LogP contribution is -2.46. The van der Waals surface area contributed by atoms with Crippen LogP contribution in [0, 0.1) is 0 Å². The number of aromatic amines is 1. The first kappa shape index (κ1) is 19.7. The molecule has 1 amide bonds. The van der Waals surface area contributed by atoms with Gasteiger partial charge in [0, 0.05) is 24.8 Å². The van der Waals surface area contributed by atoms with Crippen molar-refractivity contribution in [2.45, 2.75) is 32.9 Å². The molecule has 0 bridgehead atoms. The van der Waals surface area contributed by atoms with E-state index < -0.39 is 11.2 Å². The molecule has 0 radical (unpaired) electrons. The molecule has 1 unspecified atom stereocenters. The summed E-state index contributed by atoms with van der Waals surface area (Å²) in [7, 11) is 0. The highest BCUT2D eigenvalue weighted by atomic mass is 16.2. The molecule has 0 aliphatic carbocycles. The van der Waals surface area contributed by atoms with Crippen molar-refractivity contribution < 1.29 is 4.79 Å². The molecule has 140 valence electrons. The van der Waals surface area contributed by atoms with Gasteiger partial charge in [0.05, 0.1) is 0 Å². The predicted octanol–water partition coefficient (Wildman–Crippen LogP) is 0.606. The molecule has 1 heterocycles. The molecule has 1 aromatic carbocycles. The molecule has 2 aromatic rings. The zero-order chi connectivity index (χ0) is 18.9. The predicted molar refractivity (Wildman–Crippen MR) is 101 cm³/mol. The average molecular weight is 358 g/mol. The summed E-state index contributed by atoms with van der Waals surface area (Å²) < 4.78 is 1.18. The Bertz CT molecular complexity index is 809. The van der Waals surface area contributed by atoms with E-state index in [-0.39, 0.29) is 18.5 Å². The highest BCUT2D eigenvalue weighted by Crippen LogP contribution is 2.08. The Balaban J connectivity index is 1.99. The van der Waals surface area contributed by atoms with Gasteiger partial charge in [-0.15, -0.1) is 0 Å². The number of aromatic nitrogens is 2. The molecule has 0 fully saturated rings. The van der Waals surface area contributed by atoms with Crippen molar-refractivity contribution in [3.8, 4) is 0 Å². The Morgan fingerprint density at radius 1 is 1.15 bits per heavy atom. The standard InChI is InChI=1S/C19H26N4O3/c1-3-22(4-2)16(12-15-8-6-5-7-9-15)13-20-18(25)14-23-11-10-17(24)21-19(23)26/h5-11,16H,3-4,12-14H2,1-2H3,(H,20,25)(H,21,24,26). The number of H-pyrrole nitrogens is 1. The topological polar surface area (TPSA) is 87.2 Å². The normalized spacial score (nSPS) is 12.1. The number of nitrogens with zero attached hydrogens (tertiary/aromatic N) is 2.